The van der Waals surface area contributed by atoms with Crippen LogP contribution in [0, 0.1) is 0 Å². The minimum Gasteiger partial charge on any atom is -0.394 e. The number of unbranched alkanes of at least 4 members (excludes halogenated alkanes) is 7. The number of rotatable bonds is 14. The Balaban J connectivity index is 3.93. The molecule has 0 radical (unpaired) electrons. The Hall–Kier alpha value is -0.870. The quantitative estimate of drug-likeness (QED) is 0.340. The lowest BCUT2D eigenvalue weighted by Crippen LogP contribution is -2.45. The molecule has 0 saturated heterocycles. The van der Waals surface area contributed by atoms with Gasteiger partial charge < -0.3 is 15.5 Å². The van der Waals surface area contributed by atoms with Crippen LogP contribution in [-0.4, -0.2) is 34.9 Å². The summed E-state index contributed by atoms with van der Waals surface area (Å²) in [6.45, 7) is 4.07. The van der Waals surface area contributed by atoms with Crippen LogP contribution in [0.5, 0.6) is 0 Å². The molecule has 0 aromatic carbocycles. The van der Waals surface area contributed by atoms with E-state index in [-0.39, 0.29) is 12.5 Å². The molecular formula is C18H35NO3. The number of hydrogen-bond donors (Lipinski definition) is 3. The number of carbonyl (C=O) groups is 1. The molecule has 4 heteroatoms. The summed E-state index contributed by atoms with van der Waals surface area (Å²) >= 11 is 0. The number of allylic oxidation sites excluding steroid dienone is 1. The molecule has 0 bridgehead atoms. The Morgan fingerprint density at radius 3 is 2.32 bits per heavy atom. The molecule has 0 aromatic rings. The van der Waals surface area contributed by atoms with Gasteiger partial charge in [-0.2, -0.15) is 0 Å². The number of aliphatic hydroxyl groups excluding tert-OH is 2. The molecule has 0 fully saturated rings. The highest BCUT2D eigenvalue weighted by molar-refractivity contribution is 5.76. The third kappa shape index (κ3) is 11.8. The monoisotopic (exact) mass is 313 g/mol. The summed E-state index contributed by atoms with van der Waals surface area (Å²) in [6.07, 6.45) is 13.1. The molecule has 0 spiro atoms. The van der Waals surface area contributed by atoms with Gasteiger partial charge in [0, 0.05) is 6.42 Å². The first-order chi connectivity index (χ1) is 10.7. The average molecular weight is 313 g/mol. The summed E-state index contributed by atoms with van der Waals surface area (Å²) in [7, 11) is 0. The van der Waals surface area contributed by atoms with Crippen molar-refractivity contribution in [2.45, 2.75) is 90.2 Å². The van der Waals surface area contributed by atoms with E-state index in [4.69, 9.17) is 0 Å². The zero-order valence-corrected chi connectivity index (χ0v) is 14.4. The van der Waals surface area contributed by atoms with E-state index in [9.17, 15) is 15.0 Å². The van der Waals surface area contributed by atoms with Gasteiger partial charge in [-0.25, -0.2) is 0 Å². The second-order valence-electron chi connectivity index (χ2n) is 5.94. The minimum absolute atomic E-state index is 0.0889. The van der Waals surface area contributed by atoms with Gasteiger partial charge in [0.15, 0.2) is 0 Å². The highest BCUT2D eigenvalue weighted by Crippen LogP contribution is 2.06. The number of aliphatic hydroxyl groups is 2. The van der Waals surface area contributed by atoms with Crippen molar-refractivity contribution in [2.75, 3.05) is 6.61 Å². The van der Waals surface area contributed by atoms with Crippen molar-refractivity contribution in [3.63, 3.8) is 0 Å². The van der Waals surface area contributed by atoms with Crippen LogP contribution in [0.2, 0.25) is 0 Å². The topological polar surface area (TPSA) is 69.6 Å². The molecule has 2 atom stereocenters. The van der Waals surface area contributed by atoms with Crippen molar-refractivity contribution in [3.8, 4) is 0 Å². The van der Waals surface area contributed by atoms with Crippen molar-refractivity contribution in [3.05, 3.63) is 12.2 Å². The molecule has 0 saturated carbocycles. The van der Waals surface area contributed by atoms with Gasteiger partial charge in [0.05, 0.1) is 18.8 Å². The van der Waals surface area contributed by atoms with E-state index in [1.807, 2.05) is 6.08 Å². The summed E-state index contributed by atoms with van der Waals surface area (Å²) in [6, 6.07) is -0.606. The fraction of sp³-hybridized carbons (Fsp3) is 0.833. The lowest BCUT2D eigenvalue weighted by atomic mass is 10.1. The fourth-order valence-electron chi connectivity index (χ4n) is 2.29. The van der Waals surface area contributed by atoms with Crippen LogP contribution in [0.15, 0.2) is 12.2 Å². The third-order valence-corrected chi connectivity index (χ3v) is 3.77. The average Bonchev–Trinajstić information content (AvgIpc) is 2.52. The molecule has 22 heavy (non-hydrogen) atoms. The van der Waals surface area contributed by atoms with Crippen LogP contribution in [0.4, 0.5) is 0 Å². The molecule has 0 aliphatic carbocycles. The number of nitrogens with one attached hydrogen (secondary N) is 1. The maximum absolute atomic E-state index is 11.8. The van der Waals surface area contributed by atoms with E-state index >= 15 is 0 Å². The van der Waals surface area contributed by atoms with Gasteiger partial charge in [0.1, 0.15) is 0 Å². The van der Waals surface area contributed by atoms with Gasteiger partial charge in [0.25, 0.3) is 0 Å². The predicted molar refractivity (Wildman–Crippen MR) is 91.7 cm³/mol. The molecule has 3 N–H and O–H groups in total. The van der Waals surface area contributed by atoms with E-state index in [0.29, 0.717) is 6.42 Å². The van der Waals surface area contributed by atoms with Crippen LogP contribution < -0.4 is 5.32 Å². The van der Waals surface area contributed by atoms with Crippen molar-refractivity contribution in [2.24, 2.45) is 0 Å². The van der Waals surface area contributed by atoms with E-state index in [1.165, 1.54) is 25.7 Å². The summed E-state index contributed by atoms with van der Waals surface area (Å²) < 4.78 is 0. The van der Waals surface area contributed by atoms with Crippen LogP contribution >= 0.6 is 0 Å². The van der Waals surface area contributed by atoms with E-state index in [1.54, 1.807) is 6.08 Å². The van der Waals surface area contributed by atoms with Gasteiger partial charge >= 0.3 is 0 Å². The van der Waals surface area contributed by atoms with Crippen LogP contribution in [0.1, 0.15) is 78.1 Å². The molecule has 130 valence electrons. The SMILES string of the molecule is CCCCC/C=C/C(O)C(CO)NC(=O)CCCCCCC. The lowest BCUT2D eigenvalue weighted by Gasteiger charge is -2.19. The number of carbonyl (C=O) groups excluding carboxylic acids is 1. The van der Waals surface area contributed by atoms with Gasteiger partial charge in [-0.15, -0.1) is 0 Å². The number of hydrogen-bond acceptors (Lipinski definition) is 3. The molecule has 0 aliphatic heterocycles. The van der Waals surface area contributed by atoms with E-state index in [0.717, 1.165) is 32.1 Å². The van der Waals surface area contributed by atoms with E-state index < -0.39 is 12.1 Å². The zero-order chi connectivity index (χ0) is 16.6. The second kappa shape index (κ2) is 15.0. The van der Waals surface area contributed by atoms with Crippen LogP contribution in [0.3, 0.4) is 0 Å². The molecule has 4 nitrogen and oxygen atoms in total. The summed E-state index contributed by atoms with van der Waals surface area (Å²) in [5.41, 5.74) is 0. The number of amides is 1. The molecule has 1 amide bonds. The fourth-order valence-corrected chi connectivity index (χ4v) is 2.29. The lowest BCUT2D eigenvalue weighted by molar-refractivity contribution is -0.123. The maximum atomic E-state index is 11.8. The third-order valence-electron chi connectivity index (χ3n) is 3.77. The second-order valence-corrected chi connectivity index (χ2v) is 5.94. The first kappa shape index (κ1) is 21.1. The molecular weight excluding hydrogens is 278 g/mol. The van der Waals surface area contributed by atoms with Crippen LogP contribution in [0.25, 0.3) is 0 Å². The molecule has 0 heterocycles. The first-order valence-corrected chi connectivity index (χ1v) is 8.90. The Labute approximate surface area is 136 Å². The van der Waals surface area contributed by atoms with Crippen molar-refractivity contribution < 1.29 is 15.0 Å². The van der Waals surface area contributed by atoms with Gasteiger partial charge in [0.2, 0.25) is 5.91 Å². The van der Waals surface area contributed by atoms with Crippen LogP contribution in [-0.2, 0) is 4.79 Å². The normalized spacial score (nSPS) is 14.2. The Morgan fingerprint density at radius 1 is 1.05 bits per heavy atom. The highest BCUT2D eigenvalue weighted by Gasteiger charge is 2.17. The first-order valence-electron chi connectivity index (χ1n) is 8.90. The van der Waals surface area contributed by atoms with Crippen molar-refractivity contribution in [1.29, 1.82) is 0 Å². The highest BCUT2D eigenvalue weighted by atomic mass is 16.3. The Kier molecular flexibility index (Phi) is 14.4. The Morgan fingerprint density at radius 2 is 1.68 bits per heavy atom. The molecule has 0 rings (SSSR count). The van der Waals surface area contributed by atoms with Gasteiger partial charge in [-0.05, 0) is 19.3 Å². The molecule has 0 aliphatic rings. The van der Waals surface area contributed by atoms with Gasteiger partial charge in [-0.3, -0.25) is 4.79 Å². The molecule has 0 aromatic heterocycles. The summed E-state index contributed by atoms with van der Waals surface area (Å²) in [4.78, 5) is 11.8. The zero-order valence-electron chi connectivity index (χ0n) is 14.4. The predicted octanol–water partition coefficient (Wildman–Crippen LogP) is 3.32. The van der Waals surface area contributed by atoms with Gasteiger partial charge in [-0.1, -0.05) is 64.5 Å². The van der Waals surface area contributed by atoms with Crippen molar-refractivity contribution in [1.82, 2.24) is 5.32 Å². The maximum Gasteiger partial charge on any atom is 0.220 e. The summed E-state index contributed by atoms with van der Waals surface area (Å²) in [5.74, 6) is -0.0889. The Bertz CT molecular complexity index is 292. The molecule has 2 unspecified atom stereocenters. The van der Waals surface area contributed by atoms with Crippen molar-refractivity contribution >= 4 is 5.91 Å². The smallest absolute Gasteiger partial charge is 0.220 e. The largest absolute Gasteiger partial charge is 0.394 e. The minimum atomic E-state index is -0.823. The van der Waals surface area contributed by atoms with E-state index in [2.05, 4.69) is 19.2 Å². The summed E-state index contributed by atoms with van der Waals surface area (Å²) in [5, 5.41) is 22.0. The standard InChI is InChI=1S/C18H35NO3/c1-3-5-7-9-11-13-17(21)16(15-20)19-18(22)14-12-10-8-6-4-2/h11,13,16-17,20-21H,3-10,12,14-15H2,1-2H3,(H,19,22)/b13-11+.